The van der Waals surface area contributed by atoms with Crippen LogP contribution in [0.3, 0.4) is 0 Å². The zero-order chi connectivity index (χ0) is 20.3. The molecule has 4 nitrogen and oxygen atoms in total. The van der Waals surface area contributed by atoms with Crippen molar-refractivity contribution in [1.29, 1.82) is 0 Å². The molecule has 0 saturated heterocycles. The van der Waals surface area contributed by atoms with E-state index in [0.29, 0.717) is 23.1 Å². The maximum absolute atomic E-state index is 11.9. The molecule has 0 aromatic carbocycles. The minimum Gasteiger partial charge on any atom is -0.748 e. The first-order valence-corrected chi connectivity index (χ1v) is 13.7. The second-order valence-electron chi connectivity index (χ2n) is 6.84. The van der Waals surface area contributed by atoms with Crippen molar-refractivity contribution in [3.05, 3.63) is 0 Å². The second-order valence-corrected chi connectivity index (χ2v) is 10.7. The molecule has 0 aromatic rings. The molecule has 26 heavy (non-hydrogen) atoms. The van der Waals surface area contributed by atoms with Crippen LogP contribution in [0.5, 0.6) is 0 Å². The summed E-state index contributed by atoms with van der Waals surface area (Å²) in [5.74, 6) is 3.77. The summed E-state index contributed by atoms with van der Waals surface area (Å²) in [6.07, 6.45) is 12.1. The average molecular weight is 411 g/mol. The maximum atomic E-state index is 11.9. The van der Waals surface area contributed by atoms with Crippen LogP contribution in [0.1, 0.15) is 98.3 Å². The Morgan fingerprint density at radius 2 is 1.27 bits per heavy atom. The van der Waals surface area contributed by atoms with Crippen LogP contribution in [0.2, 0.25) is 0 Å². The molecule has 0 aliphatic heterocycles. The van der Waals surface area contributed by atoms with Gasteiger partial charge in [-0.3, -0.25) is 4.79 Å². The average Bonchev–Trinajstić information content (AvgIpc) is 2.59. The third-order valence-electron chi connectivity index (χ3n) is 4.00. The van der Waals surface area contributed by atoms with Gasteiger partial charge in [0.2, 0.25) is 0 Å². The van der Waals surface area contributed by atoms with Gasteiger partial charge in [-0.05, 0) is 36.6 Å². The summed E-state index contributed by atoms with van der Waals surface area (Å²) in [6.45, 7) is 8.54. The van der Waals surface area contributed by atoms with Crippen LogP contribution in [0.4, 0.5) is 0 Å². The molecule has 0 radical (unpaired) electrons. The minimum atomic E-state index is -3.94. The molecule has 6 heteroatoms. The Balaban J connectivity index is 0. The number of carbonyl (C=O) groups is 1. The summed E-state index contributed by atoms with van der Waals surface area (Å²) < 4.78 is 29.5. The molecule has 0 spiro atoms. The van der Waals surface area contributed by atoms with E-state index in [-0.39, 0.29) is 5.75 Å². The summed E-state index contributed by atoms with van der Waals surface area (Å²) in [5.41, 5.74) is 0. The van der Waals surface area contributed by atoms with E-state index < -0.39 is 10.1 Å². The monoisotopic (exact) mass is 410 g/mol. The third-order valence-corrected chi connectivity index (χ3v) is 7.25. The lowest BCUT2D eigenvalue weighted by molar-refractivity contribution is -0.116. The molecule has 158 valence electrons. The van der Waals surface area contributed by atoms with Crippen molar-refractivity contribution in [3.63, 3.8) is 0 Å². The van der Waals surface area contributed by atoms with Crippen LogP contribution in [0, 0.1) is 0 Å². The number of ketones is 1. The van der Waals surface area contributed by atoms with Crippen molar-refractivity contribution >= 4 is 26.8 Å². The van der Waals surface area contributed by atoms with Gasteiger partial charge in [-0.15, -0.1) is 0 Å². The van der Waals surface area contributed by atoms with Gasteiger partial charge in [-0.25, -0.2) is 8.42 Å². The summed E-state index contributed by atoms with van der Waals surface area (Å²) >= 11 is 0. The summed E-state index contributed by atoms with van der Waals surface area (Å²) in [6, 6.07) is 0. The smallest absolute Gasteiger partial charge is 0.181 e. The highest BCUT2D eigenvalue weighted by atomic mass is 32.2. The highest BCUT2D eigenvalue weighted by Gasteiger charge is 2.20. The van der Waals surface area contributed by atoms with Gasteiger partial charge in [-0.1, -0.05) is 66.2 Å². The fourth-order valence-corrected chi connectivity index (χ4v) is 5.44. The molecule has 0 aliphatic rings. The number of rotatable bonds is 16. The van der Waals surface area contributed by atoms with E-state index in [1.54, 1.807) is 0 Å². The molecule has 0 aliphatic carbocycles. The van der Waals surface area contributed by atoms with Crippen LogP contribution in [0.25, 0.3) is 0 Å². The van der Waals surface area contributed by atoms with Crippen molar-refractivity contribution in [3.8, 4) is 0 Å². The zero-order valence-corrected chi connectivity index (χ0v) is 19.2. The molecule has 0 atom stereocenters. The molecule has 0 unspecified atom stereocenters. The van der Waals surface area contributed by atoms with Gasteiger partial charge in [0.05, 0.1) is 10.1 Å². The van der Waals surface area contributed by atoms with E-state index in [4.69, 9.17) is 0 Å². The highest BCUT2D eigenvalue weighted by Crippen LogP contribution is 2.09. The van der Waals surface area contributed by atoms with E-state index in [1.807, 2.05) is 6.92 Å². The Kier molecular flexibility index (Phi) is 21.3. The predicted octanol–water partition coefficient (Wildman–Crippen LogP) is 5.08. The Labute approximate surface area is 166 Å². The largest absolute Gasteiger partial charge is 0.748 e. The fourth-order valence-electron chi connectivity index (χ4n) is 2.31. The van der Waals surface area contributed by atoms with Crippen molar-refractivity contribution in [2.45, 2.75) is 98.3 Å². The molecule has 0 amide bonds. The Bertz CT molecular complexity index is 400. The van der Waals surface area contributed by atoms with Gasteiger partial charge >= 0.3 is 0 Å². The van der Waals surface area contributed by atoms with Crippen molar-refractivity contribution in [2.24, 2.45) is 0 Å². The van der Waals surface area contributed by atoms with Crippen molar-refractivity contribution in [2.75, 3.05) is 23.0 Å². The van der Waals surface area contributed by atoms with E-state index in [9.17, 15) is 17.8 Å². The quantitative estimate of drug-likeness (QED) is 0.202. The van der Waals surface area contributed by atoms with Crippen molar-refractivity contribution < 1.29 is 17.8 Å². The van der Waals surface area contributed by atoms with Crippen LogP contribution in [0.15, 0.2) is 0 Å². The lowest BCUT2D eigenvalue weighted by Gasteiger charge is -2.07. The zero-order valence-electron chi connectivity index (χ0n) is 17.6. The Morgan fingerprint density at radius 1 is 0.769 bits per heavy atom. The van der Waals surface area contributed by atoms with Crippen molar-refractivity contribution in [1.82, 2.24) is 0 Å². The second kappa shape index (κ2) is 19.7. The maximum Gasteiger partial charge on any atom is 0.181 e. The number of Topliss-reactive ketones (excluding diaryl/α,β-unsaturated/α-hetero) is 1. The van der Waals surface area contributed by atoms with E-state index in [1.165, 1.54) is 56.5 Å². The molecular weight excluding hydrogens is 368 g/mol. The fraction of sp³-hybridized carbons (Fsp3) is 0.950. The number of hydrogen-bond acceptors (Lipinski definition) is 4. The molecule has 0 rings (SSSR count). The lowest BCUT2D eigenvalue weighted by Crippen LogP contribution is -2.22. The molecule has 0 N–H and O–H groups in total. The predicted molar refractivity (Wildman–Crippen MR) is 115 cm³/mol. The number of carbonyl (C=O) groups excluding carboxylic acids is 1. The number of hydrogen-bond donors (Lipinski definition) is 0. The molecule has 0 aromatic heterocycles. The molecule has 0 fully saturated rings. The first-order chi connectivity index (χ1) is 12.3. The van der Waals surface area contributed by atoms with Gasteiger partial charge in [0.25, 0.3) is 0 Å². The third kappa shape index (κ3) is 23.9. The highest BCUT2D eigenvalue weighted by molar-refractivity contribution is 7.97. The van der Waals surface area contributed by atoms with E-state index in [2.05, 4.69) is 20.8 Å². The Morgan fingerprint density at radius 3 is 1.65 bits per heavy atom. The molecule has 0 saturated carbocycles. The lowest BCUT2D eigenvalue weighted by atomic mass is 10.1. The first-order valence-electron chi connectivity index (χ1n) is 10.4. The van der Waals surface area contributed by atoms with Gasteiger partial charge in [-0.2, -0.15) is 0 Å². The number of unbranched alkanes of at least 4 members (excludes halogenated alkanes) is 6. The Hall–Kier alpha value is -0.0700. The summed E-state index contributed by atoms with van der Waals surface area (Å²) in [7, 11) is -3.55. The summed E-state index contributed by atoms with van der Waals surface area (Å²) in [4.78, 5) is 11.9. The normalized spacial score (nSPS) is 11.3. The van der Waals surface area contributed by atoms with Gasteiger partial charge in [0.15, 0.2) is 11.5 Å². The van der Waals surface area contributed by atoms with Crippen LogP contribution in [-0.4, -0.2) is 41.8 Å². The van der Waals surface area contributed by atoms with Gasteiger partial charge < -0.3 is 4.55 Å². The minimum absolute atomic E-state index is 0.219. The van der Waals surface area contributed by atoms with Crippen LogP contribution in [-0.2, 0) is 25.8 Å². The first kappa shape index (κ1) is 28.1. The SMILES string of the molecule is CCCCCCC(=O)C[S+](CCCC)CCCC.CCCCS(=O)(=O)[O-]. The van der Waals surface area contributed by atoms with Crippen LogP contribution < -0.4 is 0 Å². The van der Waals surface area contributed by atoms with E-state index in [0.717, 1.165) is 25.0 Å². The molecular formula is C20H42O4S2. The molecule has 0 bridgehead atoms. The van der Waals surface area contributed by atoms with Crippen LogP contribution >= 0.6 is 0 Å². The molecule has 0 heterocycles. The van der Waals surface area contributed by atoms with Gasteiger partial charge in [0, 0.05) is 12.2 Å². The summed E-state index contributed by atoms with van der Waals surface area (Å²) in [5, 5.41) is 0. The van der Waals surface area contributed by atoms with Gasteiger partial charge in [0.1, 0.15) is 11.5 Å². The van der Waals surface area contributed by atoms with E-state index >= 15 is 0 Å². The topological polar surface area (TPSA) is 74.3 Å². The standard InChI is InChI=1S/C16H33OS.C4H10O3S/c1-4-7-10-11-12-16(17)15-18(13-8-5-2)14-9-6-3;1-2-3-4-8(5,6)7/h4-15H2,1-3H3;2-4H2,1H3,(H,5,6,7)/q+1;/p-1.